The van der Waals surface area contributed by atoms with Gasteiger partial charge in [-0.05, 0) is 32.0 Å². The van der Waals surface area contributed by atoms with Crippen LogP contribution in [0, 0.1) is 5.82 Å². The van der Waals surface area contributed by atoms with Gasteiger partial charge in [0.1, 0.15) is 10.6 Å². The van der Waals surface area contributed by atoms with Crippen LogP contribution >= 0.6 is 11.6 Å². The Kier molecular flexibility index (Phi) is 3.75. The van der Waals surface area contributed by atoms with E-state index in [4.69, 9.17) is 17.3 Å². The van der Waals surface area contributed by atoms with E-state index in [2.05, 4.69) is 10.2 Å². The molecular formula is C13H15ClFN3O2S. The van der Waals surface area contributed by atoms with E-state index in [0.717, 1.165) is 12.3 Å². The Morgan fingerprint density at radius 2 is 2.00 bits per heavy atom. The van der Waals surface area contributed by atoms with Crippen molar-refractivity contribution in [3.63, 3.8) is 0 Å². The van der Waals surface area contributed by atoms with E-state index in [1.165, 1.54) is 26.0 Å². The molecule has 0 spiro atoms. The summed E-state index contributed by atoms with van der Waals surface area (Å²) >= 11 is 6.04. The second-order valence-electron chi connectivity index (χ2n) is 5.27. The molecule has 0 bridgehead atoms. The SMILES string of the molecule is CC(C)(c1[nH]nc(N)c1-c1ccc(F)cc1Cl)S(C)(=O)=O. The van der Waals surface area contributed by atoms with E-state index in [1.807, 2.05) is 0 Å². The summed E-state index contributed by atoms with van der Waals surface area (Å²) in [4.78, 5) is 0. The maximum absolute atomic E-state index is 13.2. The number of hydrogen-bond acceptors (Lipinski definition) is 4. The summed E-state index contributed by atoms with van der Waals surface area (Å²) in [5, 5.41) is 6.66. The fourth-order valence-corrected chi connectivity index (χ4v) is 2.72. The molecule has 0 atom stereocenters. The number of nitrogens with one attached hydrogen (secondary N) is 1. The van der Waals surface area contributed by atoms with Crippen molar-refractivity contribution >= 4 is 27.3 Å². The van der Waals surface area contributed by atoms with Crippen LogP contribution in [0.5, 0.6) is 0 Å². The van der Waals surface area contributed by atoms with Crippen LogP contribution in [-0.4, -0.2) is 24.9 Å². The molecule has 1 aromatic heterocycles. The molecule has 1 heterocycles. The van der Waals surface area contributed by atoms with Crippen LogP contribution in [0.2, 0.25) is 5.02 Å². The zero-order chi connectivity index (χ0) is 16.0. The first-order chi connectivity index (χ1) is 9.55. The molecule has 0 aliphatic rings. The molecule has 8 heteroatoms. The molecule has 1 aromatic carbocycles. The number of nitrogens with zero attached hydrogens (tertiary/aromatic N) is 1. The summed E-state index contributed by atoms with van der Waals surface area (Å²) in [6.07, 6.45) is 1.13. The van der Waals surface area contributed by atoms with Crippen LogP contribution in [0.15, 0.2) is 18.2 Å². The molecule has 2 rings (SSSR count). The Bertz CT molecular complexity index is 800. The highest BCUT2D eigenvalue weighted by Gasteiger charge is 2.37. The minimum absolute atomic E-state index is 0.107. The molecule has 114 valence electrons. The van der Waals surface area contributed by atoms with E-state index in [1.54, 1.807) is 0 Å². The van der Waals surface area contributed by atoms with Gasteiger partial charge in [0.2, 0.25) is 0 Å². The Balaban J connectivity index is 2.75. The molecule has 2 aromatic rings. The predicted molar refractivity (Wildman–Crippen MR) is 81.3 cm³/mol. The van der Waals surface area contributed by atoms with Gasteiger partial charge < -0.3 is 5.73 Å². The molecule has 0 saturated heterocycles. The zero-order valence-electron chi connectivity index (χ0n) is 11.7. The molecule has 0 unspecified atom stereocenters. The number of nitrogen functional groups attached to an aromatic ring is 1. The molecule has 0 amide bonds. The minimum atomic E-state index is -3.44. The fraction of sp³-hybridized carbons (Fsp3) is 0.308. The molecule has 0 radical (unpaired) electrons. The first-order valence-corrected chi connectivity index (χ1v) is 8.32. The number of H-pyrrole nitrogens is 1. The lowest BCUT2D eigenvalue weighted by molar-refractivity contribution is 0.556. The average molecular weight is 332 g/mol. The lowest BCUT2D eigenvalue weighted by Gasteiger charge is -2.22. The summed E-state index contributed by atoms with van der Waals surface area (Å²) < 4.78 is 35.9. The summed E-state index contributed by atoms with van der Waals surface area (Å²) in [5.41, 5.74) is 6.94. The van der Waals surface area contributed by atoms with Crippen molar-refractivity contribution in [2.75, 3.05) is 12.0 Å². The number of hydrogen-bond donors (Lipinski definition) is 2. The van der Waals surface area contributed by atoms with Crippen LogP contribution in [0.25, 0.3) is 11.1 Å². The topological polar surface area (TPSA) is 88.8 Å². The number of aromatic amines is 1. The quantitative estimate of drug-likeness (QED) is 0.905. The normalized spacial score (nSPS) is 12.6. The highest BCUT2D eigenvalue weighted by Crippen LogP contribution is 2.40. The van der Waals surface area contributed by atoms with E-state index in [9.17, 15) is 12.8 Å². The predicted octanol–water partition coefficient (Wildman–Crippen LogP) is 2.73. The van der Waals surface area contributed by atoms with Gasteiger partial charge in [0, 0.05) is 17.4 Å². The highest BCUT2D eigenvalue weighted by atomic mass is 35.5. The third kappa shape index (κ3) is 2.63. The van der Waals surface area contributed by atoms with Gasteiger partial charge in [0.25, 0.3) is 0 Å². The van der Waals surface area contributed by atoms with Crippen molar-refractivity contribution in [2.24, 2.45) is 0 Å². The van der Waals surface area contributed by atoms with Crippen molar-refractivity contribution in [3.05, 3.63) is 34.7 Å². The average Bonchev–Trinajstić information content (AvgIpc) is 2.70. The third-order valence-corrected chi connectivity index (χ3v) is 5.89. The van der Waals surface area contributed by atoms with Gasteiger partial charge >= 0.3 is 0 Å². The molecule has 0 aliphatic heterocycles. The van der Waals surface area contributed by atoms with Crippen LogP contribution in [-0.2, 0) is 14.6 Å². The summed E-state index contributed by atoms with van der Waals surface area (Å²) in [5.74, 6) is -0.384. The van der Waals surface area contributed by atoms with E-state index >= 15 is 0 Å². The van der Waals surface area contributed by atoms with Crippen LogP contribution in [0.1, 0.15) is 19.5 Å². The summed E-state index contributed by atoms with van der Waals surface area (Å²) in [7, 11) is -3.44. The Hall–Kier alpha value is -1.60. The van der Waals surface area contributed by atoms with Gasteiger partial charge in [0.05, 0.1) is 10.7 Å². The molecular weight excluding hydrogens is 317 g/mol. The number of sulfone groups is 1. The van der Waals surface area contributed by atoms with Gasteiger partial charge in [-0.15, -0.1) is 0 Å². The van der Waals surface area contributed by atoms with Crippen molar-refractivity contribution in [2.45, 2.75) is 18.6 Å². The molecule has 21 heavy (non-hydrogen) atoms. The number of rotatable bonds is 3. The molecule has 5 nitrogen and oxygen atoms in total. The van der Waals surface area contributed by atoms with Crippen LogP contribution < -0.4 is 5.73 Å². The number of aromatic nitrogens is 2. The van der Waals surface area contributed by atoms with Crippen molar-refractivity contribution in [1.29, 1.82) is 0 Å². The van der Waals surface area contributed by atoms with Gasteiger partial charge in [-0.25, -0.2) is 12.8 Å². The largest absolute Gasteiger partial charge is 0.382 e. The molecule has 0 fully saturated rings. The maximum Gasteiger partial charge on any atom is 0.158 e. The fourth-order valence-electron chi connectivity index (χ4n) is 1.94. The van der Waals surface area contributed by atoms with E-state index < -0.39 is 20.4 Å². The number of nitrogens with two attached hydrogens (primary N) is 1. The molecule has 0 saturated carbocycles. The number of benzene rings is 1. The van der Waals surface area contributed by atoms with Crippen molar-refractivity contribution in [1.82, 2.24) is 10.2 Å². The molecule has 0 aliphatic carbocycles. The van der Waals surface area contributed by atoms with Crippen LogP contribution in [0.4, 0.5) is 10.2 Å². The Morgan fingerprint density at radius 1 is 1.38 bits per heavy atom. The van der Waals surface area contributed by atoms with Crippen molar-refractivity contribution in [3.8, 4) is 11.1 Å². The monoisotopic (exact) mass is 331 g/mol. The summed E-state index contributed by atoms with van der Waals surface area (Å²) in [6.45, 7) is 3.08. The lowest BCUT2D eigenvalue weighted by Crippen LogP contribution is -2.29. The van der Waals surface area contributed by atoms with E-state index in [-0.39, 0.29) is 10.8 Å². The standard InChI is InChI=1S/C13H15ClFN3O2S/c1-13(2,21(3,19)20)11-10(12(16)18-17-11)8-5-4-7(15)6-9(8)14/h4-6H,1-3H3,(H3,16,17,18). The number of anilines is 1. The highest BCUT2D eigenvalue weighted by molar-refractivity contribution is 7.91. The minimum Gasteiger partial charge on any atom is -0.382 e. The zero-order valence-corrected chi connectivity index (χ0v) is 13.3. The first kappa shape index (κ1) is 15.8. The Morgan fingerprint density at radius 3 is 2.52 bits per heavy atom. The van der Waals surface area contributed by atoms with Gasteiger partial charge in [-0.2, -0.15) is 5.10 Å². The smallest absolute Gasteiger partial charge is 0.158 e. The van der Waals surface area contributed by atoms with Gasteiger partial charge in [0.15, 0.2) is 15.7 Å². The summed E-state index contributed by atoms with van der Waals surface area (Å²) in [6, 6.07) is 3.81. The lowest BCUT2D eigenvalue weighted by atomic mass is 9.98. The second kappa shape index (κ2) is 4.99. The van der Waals surface area contributed by atoms with Gasteiger partial charge in [-0.1, -0.05) is 11.6 Å². The van der Waals surface area contributed by atoms with Crippen LogP contribution in [0.3, 0.4) is 0 Å². The first-order valence-electron chi connectivity index (χ1n) is 6.05. The third-order valence-electron chi connectivity index (χ3n) is 3.52. The molecule has 3 N–H and O–H groups in total. The Labute approximate surface area is 127 Å². The maximum atomic E-state index is 13.2. The van der Waals surface area contributed by atoms with Crippen molar-refractivity contribution < 1.29 is 12.8 Å². The van der Waals surface area contributed by atoms with E-state index in [0.29, 0.717) is 16.8 Å². The van der Waals surface area contributed by atoms with Gasteiger partial charge in [-0.3, -0.25) is 5.10 Å². The second-order valence-corrected chi connectivity index (χ2v) is 8.24. The number of halogens is 2.